The van der Waals surface area contributed by atoms with Gasteiger partial charge in [0, 0.05) is 6.54 Å². The summed E-state index contributed by atoms with van der Waals surface area (Å²) >= 11 is 3.00. The number of nitrogens with zero attached hydrogens (tertiary/aromatic N) is 2. The lowest BCUT2D eigenvalue weighted by atomic mass is 10.4. The average molecular weight is 295 g/mol. The molecule has 19 heavy (non-hydrogen) atoms. The van der Waals surface area contributed by atoms with Gasteiger partial charge in [-0.25, -0.2) is 0 Å². The highest BCUT2D eigenvalue weighted by atomic mass is 32.2. The fourth-order valence-corrected chi connectivity index (χ4v) is 2.62. The fourth-order valence-electron chi connectivity index (χ4n) is 1.29. The Balaban J connectivity index is 1.78. The molecule has 0 aliphatic heterocycles. The molecule has 0 spiro atoms. The molecule has 0 saturated heterocycles. The largest absolute Gasteiger partial charge is 0.352 e. The van der Waals surface area contributed by atoms with E-state index in [-0.39, 0.29) is 5.91 Å². The van der Waals surface area contributed by atoms with E-state index in [0.29, 0.717) is 29.8 Å². The van der Waals surface area contributed by atoms with E-state index in [4.69, 9.17) is 4.52 Å². The highest BCUT2D eigenvalue weighted by molar-refractivity contribution is 7.99. The zero-order valence-electron chi connectivity index (χ0n) is 10.2. The number of hydrogen-bond acceptors (Lipinski definition) is 6. The number of carbonyl (C=O) groups is 1. The predicted octanol–water partition coefficient (Wildman–Crippen LogP) is 2.33. The van der Waals surface area contributed by atoms with Gasteiger partial charge in [-0.2, -0.15) is 4.98 Å². The Kier molecular flexibility index (Phi) is 5.17. The van der Waals surface area contributed by atoms with Crippen LogP contribution in [-0.4, -0.2) is 28.3 Å². The Morgan fingerprint density at radius 2 is 2.53 bits per heavy atom. The third-order valence-electron chi connectivity index (χ3n) is 2.11. The quantitative estimate of drug-likeness (QED) is 0.794. The van der Waals surface area contributed by atoms with Gasteiger partial charge in [-0.05, 0) is 11.4 Å². The van der Waals surface area contributed by atoms with Crippen molar-refractivity contribution in [2.45, 2.75) is 5.75 Å². The summed E-state index contributed by atoms with van der Waals surface area (Å²) in [5.41, 5.74) is 0. The van der Waals surface area contributed by atoms with Crippen molar-refractivity contribution < 1.29 is 9.32 Å². The molecule has 0 aliphatic carbocycles. The Labute approximate surface area is 119 Å². The predicted molar refractivity (Wildman–Crippen MR) is 77.0 cm³/mol. The van der Waals surface area contributed by atoms with Crippen LogP contribution in [0.3, 0.4) is 0 Å². The van der Waals surface area contributed by atoms with Crippen molar-refractivity contribution in [1.82, 2.24) is 15.5 Å². The smallest absolute Gasteiger partial charge is 0.236 e. The summed E-state index contributed by atoms with van der Waals surface area (Å²) in [6.45, 7) is 4.02. The molecule has 2 heterocycles. The van der Waals surface area contributed by atoms with Gasteiger partial charge in [0.05, 0.1) is 16.4 Å². The van der Waals surface area contributed by atoms with Gasteiger partial charge >= 0.3 is 0 Å². The van der Waals surface area contributed by atoms with Gasteiger partial charge in [-0.1, -0.05) is 17.3 Å². The van der Waals surface area contributed by atoms with Crippen molar-refractivity contribution in [1.29, 1.82) is 0 Å². The number of nitrogens with one attached hydrogen (secondary N) is 1. The van der Waals surface area contributed by atoms with Crippen LogP contribution in [0.4, 0.5) is 0 Å². The zero-order chi connectivity index (χ0) is 13.5. The van der Waals surface area contributed by atoms with Crippen molar-refractivity contribution in [3.8, 4) is 10.7 Å². The van der Waals surface area contributed by atoms with Crippen LogP contribution >= 0.6 is 23.1 Å². The van der Waals surface area contributed by atoms with E-state index in [1.807, 2.05) is 17.5 Å². The summed E-state index contributed by atoms with van der Waals surface area (Å²) in [7, 11) is 0. The minimum Gasteiger partial charge on any atom is -0.352 e. The second kappa shape index (κ2) is 7.10. The van der Waals surface area contributed by atoms with E-state index in [1.54, 1.807) is 17.4 Å². The number of carbonyl (C=O) groups excluding carboxylic acids is 1. The molecule has 0 fully saturated rings. The summed E-state index contributed by atoms with van der Waals surface area (Å²) in [5.74, 6) is 2.00. The molecule has 1 amide bonds. The Morgan fingerprint density at radius 3 is 3.26 bits per heavy atom. The van der Waals surface area contributed by atoms with Gasteiger partial charge in [-0.3, -0.25) is 4.79 Å². The molecule has 0 aromatic carbocycles. The number of aromatic nitrogens is 2. The number of thiophene rings is 1. The second-order valence-corrected chi connectivity index (χ2v) is 5.51. The van der Waals surface area contributed by atoms with Crippen molar-refractivity contribution >= 4 is 29.0 Å². The Hall–Kier alpha value is -1.60. The molecule has 0 saturated carbocycles. The molecule has 0 radical (unpaired) electrons. The summed E-state index contributed by atoms with van der Waals surface area (Å²) in [6.07, 6.45) is 1.65. The van der Waals surface area contributed by atoms with Gasteiger partial charge < -0.3 is 9.84 Å². The molecule has 2 rings (SSSR count). The van der Waals surface area contributed by atoms with Gasteiger partial charge in [0.1, 0.15) is 0 Å². The zero-order valence-corrected chi connectivity index (χ0v) is 11.8. The summed E-state index contributed by atoms with van der Waals surface area (Å²) in [4.78, 5) is 16.6. The lowest BCUT2D eigenvalue weighted by Crippen LogP contribution is -2.24. The third-order valence-corrected chi connectivity index (χ3v) is 3.90. The van der Waals surface area contributed by atoms with E-state index in [9.17, 15) is 4.79 Å². The minimum atomic E-state index is -0.0251. The molecule has 5 nitrogen and oxygen atoms in total. The lowest BCUT2D eigenvalue weighted by Gasteiger charge is -1.99. The molecule has 2 aromatic heterocycles. The second-order valence-electron chi connectivity index (χ2n) is 3.57. The summed E-state index contributed by atoms with van der Waals surface area (Å²) < 4.78 is 5.13. The first kappa shape index (κ1) is 13.8. The maximum absolute atomic E-state index is 11.3. The highest BCUT2D eigenvalue weighted by Gasteiger charge is 2.10. The molecule has 0 bridgehead atoms. The molecule has 0 aliphatic rings. The van der Waals surface area contributed by atoms with E-state index in [2.05, 4.69) is 22.0 Å². The topological polar surface area (TPSA) is 68.0 Å². The first-order valence-corrected chi connectivity index (χ1v) is 7.65. The van der Waals surface area contributed by atoms with Crippen LogP contribution in [-0.2, 0) is 10.5 Å². The third kappa shape index (κ3) is 4.22. The SMILES string of the molecule is C=CCNC(=O)CSCc1nc(-c2cccs2)no1. The lowest BCUT2D eigenvalue weighted by molar-refractivity contribution is -0.118. The minimum absolute atomic E-state index is 0.0251. The van der Waals surface area contributed by atoms with E-state index in [0.717, 1.165) is 4.88 Å². The molecule has 0 unspecified atom stereocenters. The molecule has 100 valence electrons. The Morgan fingerprint density at radius 1 is 1.63 bits per heavy atom. The van der Waals surface area contributed by atoms with Crippen molar-refractivity contribution in [2.24, 2.45) is 0 Å². The normalized spacial score (nSPS) is 10.3. The monoisotopic (exact) mass is 295 g/mol. The molecule has 0 atom stereocenters. The van der Waals surface area contributed by atoms with Crippen LogP contribution in [0.15, 0.2) is 34.7 Å². The van der Waals surface area contributed by atoms with Crippen molar-refractivity contribution in [3.63, 3.8) is 0 Å². The van der Waals surface area contributed by atoms with E-state index < -0.39 is 0 Å². The summed E-state index contributed by atoms with van der Waals surface area (Å²) in [6, 6.07) is 3.88. The number of thioether (sulfide) groups is 1. The fraction of sp³-hybridized carbons (Fsp3) is 0.250. The van der Waals surface area contributed by atoms with Crippen LogP contribution in [0.1, 0.15) is 5.89 Å². The molecule has 7 heteroatoms. The average Bonchev–Trinajstić information content (AvgIpc) is 3.06. The first-order chi connectivity index (χ1) is 9.29. The molecular weight excluding hydrogens is 282 g/mol. The van der Waals surface area contributed by atoms with Crippen LogP contribution < -0.4 is 5.32 Å². The van der Waals surface area contributed by atoms with Gasteiger partial charge in [0.25, 0.3) is 0 Å². The van der Waals surface area contributed by atoms with E-state index in [1.165, 1.54) is 11.8 Å². The molecule has 1 N–H and O–H groups in total. The van der Waals surface area contributed by atoms with E-state index >= 15 is 0 Å². The summed E-state index contributed by atoms with van der Waals surface area (Å²) in [5, 5.41) is 8.57. The molecular formula is C12H13N3O2S2. The van der Waals surface area contributed by atoms with Crippen LogP contribution in [0.5, 0.6) is 0 Å². The maximum Gasteiger partial charge on any atom is 0.236 e. The standard InChI is InChI=1S/C12H13N3O2S2/c1-2-5-13-10(16)7-18-8-11-14-12(15-17-11)9-4-3-6-19-9/h2-4,6H,1,5,7-8H2,(H,13,16). The molecule has 2 aromatic rings. The number of amides is 1. The number of rotatable bonds is 7. The van der Waals surface area contributed by atoms with Gasteiger partial charge in [0.2, 0.25) is 17.6 Å². The number of hydrogen-bond donors (Lipinski definition) is 1. The van der Waals surface area contributed by atoms with Crippen LogP contribution in [0.2, 0.25) is 0 Å². The van der Waals surface area contributed by atoms with Gasteiger partial charge in [0.15, 0.2) is 0 Å². The van der Waals surface area contributed by atoms with Crippen LogP contribution in [0, 0.1) is 0 Å². The first-order valence-electron chi connectivity index (χ1n) is 5.61. The van der Waals surface area contributed by atoms with Crippen molar-refractivity contribution in [3.05, 3.63) is 36.1 Å². The highest BCUT2D eigenvalue weighted by Crippen LogP contribution is 2.22. The van der Waals surface area contributed by atoms with Gasteiger partial charge in [-0.15, -0.1) is 29.7 Å². The van der Waals surface area contributed by atoms with Crippen molar-refractivity contribution in [2.75, 3.05) is 12.3 Å². The maximum atomic E-state index is 11.3. The van der Waals surface area contributed by atoms with Crippen LogP contribution in [0.25, 0.3) is 10.7 Å². The Bertz CT molecular complexity index is 537.